The largest absolute Gasteiger partial charge is 0.487 e. The van der Waals surface area contributed by atoms with Crippen LogP contribution in [0.2, 0.25) is 0 Å². The van der Waals surface area contributed by atoms with Crippen molar-refractivity contribution in [3.05, 3.63) is 11.5 Å². The van der Waals surface area contributed by atoms with Crippen molar-refractivity contribution in [2.75, 3.05) is 0 Å². The number of ether oxygens (including phenoxy) is 1. The quantitative estimate of drug-likeness (QED) is 0.760. The Balaban J connectivity index is 2.10. The number of carbonyl (C=O) groups is 1. The lowest BCUT2D eigenvalue weighted by atomic mass is 9.71. The Labute approximate surface area is 151 Å². The first kappa shape index (κ1) is 20.3. The van der Waals surface area contributed by atoms with Crippen molar-refractivity contribution >= 4 is 13.2 Å². The summed E-state index contributed by atoms with van der Waals surface area (Å²) < 4.78 is 11.3. The lowest BCUT2D eigenvalue weighted by Crippen LogP contribution is -2.52. The van der Waals surface area contributed by atoms with Crippen molar-refractivity contribution in [1.29, 1.82) is 0 Å². The molecule has 0 aromatic rings. The van der Waals surface area contributed by atoms with Crippen LogP contribution in [-0.2, 0) is 9.39 Å². The smallest absolute Gasteiger partial charge is 0.444 e. The van der Waals surface area contributed by atoms with Crippen LogP contribution in [0, 0.1) is 0 Å². The average Bonchev–Trinajstić information content (AvgIpc) is 2.65. The Kier molecular flexibility index (Phi) is 5.35. The van der Waals surface area contributed by atoms with Crippen LogP contribution < -0.4 is 0 Å². The molecule has 7 heteroatoms. The second-order valence-corrected chi connectivity index (χ2v) is 9.17. The van der Waals surface area contributed by atoms with Crippen LogP contribution in [0.15, 0.2) is 11.5 Å². The summed E-state index contributed by atoms with van der Waals surface area (Å²) >= 11 is 0. The molecular formula is C18H32BNO5. The second-order valence-electron chi connectivity index (χ2n) is 9.17. The SMILES string of the molecule is CC(C)(C)OC(=O)N1[C@@H]2CC[C@@H]1C=C(B(O)OC(C)(C)C(C)(C)O)C2. The first-order valence-electron chi connectivity index (χ1n) is 9.01. The fourth-order valence-corrected chi connectivity index (χ4v) is 3.14. The van der Waals surface area contributed by atoms with Gasteiger partial charge >= 0.3 is 13.2 Å². The van der Waals surface area contributed by atoms with E-state index < -0.39 is 23.9 Å². The second kappa shape index (κ2) is 6.60. The molecule has 1 amide bonds. The van der Waals surface area contributed by atoms with Gasteiger partial charge in [0, 0.05) is 6.04 Å². The number of aliphatic hydroxyl groups is 1. The number of rotatable bonds is 4. The molecule has 142 valence electrons. The summed E-state index contributed by atoms with van der Waals surface area (Å²) in [5.41, 5.74) is -1.76. The van der Waals surface area contributed by atoms with Gasteiger partial charge in [-0.05, 0) is 73.2 Å². The maximum Gasteiger partial charge on any atom is 0.487 e. The first-order valence-corrected chi connectivity index (χ1v) is 9.01. The van der Waals surface area contributed by atoms with Crippen LogP contribution in [-0.4, -0.2) is 57.1 Å². The molecule has 6 nitrogen and oxygen atoms in total. The third kappa shape index (κ3) is 4.57. The maximum absolute atomic E-state index is 12.5. The number of amides is 1. The molecule has 2 aliphatic heterocycles. The number of carbonyl (C=O) groups excluding carboxylic acids is 1. The zero-order chi connectivity index (χ0) is 19.2. The van der Waals surface area contributed by atoms with Gasteiger partial charge in [0.15, 0.2) is 0 Å². The van der Waals surface area contributed by atoms with Gasteiger partial charge in [-0.1, -0.05) is 6.08 Å². The van der Waals surface area contributed by atoms with E-state index in [2.05, 4.69) is 0 Å². The van der Waals surface area contributed by atoms with Crippen LogP contribution in [0.4, 0.5) is 4.79 Å². The van der Waals surface area contributed by atoms with E-state index in [-0.39, 0.29) is 18.2 Å². The minimum absolute atomic E-state index is 0.0170. The topological polar surface area (TPSA) is 79.2 Å². The number of hydrogen-bond acceptors (Lipinski definition) is 5. The Morgan fingerprint density at radius 2 is 1.80 bits per heavy atom. The molecule has 0 aromatic heterocycles. The zero-order valence-corrected chi connectivity index (χ0v) is 16.5. The van der Waals surface area contributed by atoms with Gasteiger partial charge < -0.3 is 19.5 Å². The minimum Gasteiger partial charge on any atom is -0.444 e. The highest BCUT2D eigenvalue weighted by atomic mass is 16.6. The molecular weight excluding hydrogens is 321 g/mol. The molecule has 2 bridgehead atoms. The Morgan fingerprint density at radius 1 is 1.20 bits per heavy atom. The predicted octanol–water partition coefficient (Wildman–Crippen LogP) is 2.67. The van der Waals surface area contributed by atoms with Crippen molar-refractivity contribution < 1.29 is 24.3 Å². The summed E-state index contributed by atoms with van der Waals surface area (Å²) in [5.74, 6) is 0. The Hall–Kier alpha value is -1.05. The van der Waals surface area contributed by atoms with Gasteiger partial charge in [0.1, 0.15) is 5.60 Å². The average molecular weight is 353 g/mol. The normalized spacial score (nSPS) is 24.2. The minimum atomic E-state index is -1.09. The maximum atomic E-state index is 12.5. The summed E-state index contributed by atoms with van der Waals surface area (Å²) in [7, 11) is -1.09. The van der Waals surface area contributed by atoms with Crippen LogP contribution in [0.3, 0.4) is 0 Å². The molecule has 0 unspecified atom stereocenters. The van der Waals surface area contributed by atoms with E-state index in [9.17, 15) is 14.9 Å². The van der Waals surface area contributed by atoms with Gasteiger partial charge in [-0.2, -0.15) is 0 Å². The lowest BCUT2D eigenvalue weighted by molar-refractivity contribution is -0.0991. The number of nitrogens with zero attached hydrogens (tertiary/aromatic N) is 1. The standard InChI is InChI=1S/C18H32BNO5/c1-16(2,3)24-15(21)20-13-8-9-14(20)11-12(10-13)19(23)25-18(6,7)17(4,5)22/h10,13-14,22-23H,8-9,11H2,1-7H3/t13-,14-/m1/s1. The van der Waals surface area contributed by atoms with E-state index in [0.717, 1.165) is 18.3 Å². The summed E-state index contributed by atoms with van der Waals surface area (Å²) in [4.78, 5) is 14.2. The molecule has 2 aliphatic rings. The van der Waals surface area contributed by atoms with Crippen LogP contribution in [0.1, 0.15) is 67.7 Å². The van der Waals surface area contributed by atoms with Crippen LogP contribution in [0.25, 0.3) is 0 Å². The van der Waals surface area contributed by atoms with Crippen molar-refractivity contribution in [1.82, 2.24) is 4.90 Å². The third-order valence-electron chi connectivity index (χ3n) is 5.23. The highest BCUT2D eigenvalue weighted by Gasteiger charge is 2.46. The van der Waals surface area contributed by atoms with Crippen molar-refractivity contribution in [2.24, 2.45) is 0 Å². The van der Waals surface area contributed by atoms with E-state index in [0.29, 0.717) is 6.42 Å². The molecule has 2 atom stereocenters. The van der Waals surface area contributed by atoms with E-state index >= 15 is 0 Å². The number of fused-ring (bicyclic) bond motifs is 2. The van der Waals surface area contributed by atoms with E-state index in [1.54, 1.807) is 32.6 Å². The number of hydrogen-bond donors (Lipinski definition) is 2. The molecule has 0 aliphatic carbocycles. The van der Waals surface area contributed by atoms with Gasteiger partial charge in [0.2, 0.25) is 0 Å². The summed E-state index contributed by atoms with van der Waals surface area (Å²) in [6.07, 6.45) is 3.90. The molecule has 0 saturated carbocycles. The van der Waals surface area contributed by atoms with Gasteiger partial charge in [0.25, 0.3) is 0 Å². The zero-order valence-electron chi connectivity index (χ0n) is 16.5. The Morgan fingerprint density at radius 3 is 2.28 bits per heavy atom. The summed E-state index contributed by atoms with van der Waals surface area (Å²) in [6, 6.07) is -0.0598. The fourth-order valence-electron chi connectivity index (χ4n) is 3.14. The summed E-state index contributed by atoms with van der Waals surface area (Å²) in [5, 5.41) is 20.7. The van der Waals surface area contributed by atoms with Gasteiger partial charge in [-0.25, -0.2) is 4.79 Å². The molecule has 2 rings (SSSR count). The molecule has 25 heavy (non-hydrogen) atoms. The lowest BCUT2D eigenvalue weighted by Gasteiger charge is -2.40. The summed E-state index contributed by atoms with van der Waals surface area (Å²) in [6.45, 7) is 12.4. The molecule has 2 heterocycles. The van der Waals surface area contributed by atoms with E-state index in [4.69, 9.17) is 9.39 Å². The van der Waals surface area contributed by atoms with Crippen LogP contribution >= 0.6 is 0 Å². The van der Waals surface area contributed by atoms with Crippen molar-refractivity contribution in [3.8, 4) is 0 Å². The fraction of sp³-hybridized carbons (Fsp3) is 0.833. The molecule has 1 saturated heterocycles. The Bertz CT molecular complexity index is 547. The molecule has 2 N–H and O–H groups in total. The highest BCUT2D eigenvalue weighted by molar-refractivity contribution is 6.52. The first-order chi connectivity index (χ1) is 11.2. The highest BCUT2D eigenvalue weighted by Crippen LogP contribution is 2.37. The molecule has 0 aromatic carbocycles. The molecule has 0 spiro atoms. The van der Waals surface area contributed by atoms with Gasteiger partial charge in [0.05, 0.1) is 17.2 Å². The van der Waals surface area contributed by atoms with Crippen molar-refractivity contribution in [3.63, 3.8) is 0 Å². The van der Waals surface area contributed by atoms with Crippen molar-refractivity contribution in [2.45, 2.75) is 96.6 Å². The van der Waals surface area contributed by atoms with Gasteiger partial charge in [-0.15, -0.1) is 0 Å². The predicted molar refractivity (Wildman–Crippen MR) is 97.0 cm³/mol. The van der Waals surface area contributed by atoms with Crippen LogP contribution in [0.5, 0.6) is 0 Å². The van der Waals surface area contributed by atoms with Gasteiger partial charge in [-0.3, -0.25) is 4.90 Å². The monoisotopic (exact) mass is 353 g/mol. The molecule has 0 radical (unpaired) electrons. The van der Waals surface area contributed by atoms with E-state index in [1.165, 1.54) is 0 Å². The molecule has 1 fully saturated rings. The van der Waals surface area contributed by atoms with E-state index in [1.807, 2.05) is 26.8 Å². The third-order valence-corrected chi connectivity index (χ3v) is 5.23.